The first-order valence-electron chi connectivity index (χ1n) is 25.6. The van der Waals surface area contributed by atoms with Crippen LogP contribution in [-0.2, 0) is 29.1 Å². The standard InChI is InChI=1S/C65H57N2O5P.Os/c1-8-19-44-33-54-58-52(62(68)66(64(54)70)35-39(3)4)31-29-51-57-45(34-55-59-53(63(69)67(65(55)71)36-40(5)6)30-28-50(61(57)59)56(44)60(51)58)27-26-43(32-46-38-72-37-42(46)9-2)41(7)73(47-20-13-10-14-21-47,48-22-15-11-16-23-48)49-24-17-12-18-25-49;/h8-25,28-34,39-40H,26-27,35-38H2,1-6H3;/q+1;/b19-8+,42-9?,43-41?,46-32?;. The van der Waals surface area contributed by atoms with Gasteiger partial charge in [0, 0.05) is 6.54 Å². The zero-order valence-electron chi connectivity index (χ0n) is 42.6. The average molecular weight is 1170 g/mol. The number of imide groups is 2. The molecule has 0 saturated carbocycles. The number of hydrogen-bond donors (Lipinski definition) is 0. The fraction of sp³-hybridized carbons (Fsp3) is 0.215. The van der Waals surface area contributed by atoms with Crippen molar-refractivity contribution in [3.05, 3.63) is 201 Å². The summed E-state index contributed by atoms with van der Waals surface area (Å²) in [5.74, 6) is -1.07. The molecule has 8 aromatic carbocycles. The Kier molecular flexibility index (Phi) is 13.2. The molecule has 0 aliphatic carbocycles. The fourth-order valence-corrected chi connectivity index (χ4v) is 17.9. The van der Waals surface area contributed by atoms with Gasteiger partial charge >= 0.3 is 378 Å². The van der Waals surface area contributed by atoms with E-state index in [4.69, 9.17) is 4.74 Å². The van der Waals surface area contributed by atoms with Crippen molar-refractivity contribution < 1.29 is 41.9 Å². The van der Waals surface area contributed by atoms with Crippen molar-refractivity contribution in [1.82, 2.24) is 9.80 Å². The average Bonchev–Trinajstić information content (AvgIpc) is 3.92. The number of ether oxygens (including phenoxy) is 1. The van der Waals surface area contributed by atoms with Crippen molar-refractivity contribution in [3.8, 4) is 4.37 Å². The number of carbonyl (C=O) groups is 4. The van der Waals surface area contributed by atoms with Crippen molar-refractivity contribution in [2.24, 2.45) is 11.8 Å². The first kappa shape index (κ1) is 49.3. The molecule has 0 aromatic heterocycles. The van der Waals surface area contributed by atoms with E-state index in [0.717, 1.165) is 65.5 Å². The predicted octanol–water partition coefficient (Wildman–Crippen LogP) is 12.9. The fourth-order valence-electron chi connectivity index (χ4n) is 12.0. The summed E-state index contributed by atoms with van der Waals surface area (Å²) >= 11 is 1.76. The van der Waals surface area contributed by atoms with E-state index in [1.807, 2.05) is 77.1 Å². The molecule has 0 atom stereocenters. The molecular weight excluding hydrogens is 1110 g/mol. The molecule has 0 N–H and O–H groups in total. The van der Waals surface area contributed by atoms with Crippen LogP contribution in [0.1, 0.15) is 101 Å². The van der Waals surface area contributed by atoms with Gasteiger partial charge in [0.15, 0.2) is 0 Å². The molecular formula is C65H57N2O5OsP+. The van der Waals surface area contributed by atoms with Gasteiger partial charge in [-0.05, 0) is 12.8 Å². The zero-order valence-corrected chi connectivity index (χ0v) is 46.0. The number of fused-ring (bicyclic) bond motifs is 2. The van der Waals surface area contributed by atoms with Crippen LogP contribution in [0, 0.1) is 16.2 Å². The molecule has 4 amide bonds. The van der Waals surface area contributed by atoms with Gasteiger partial charge in [0.2, 0.25) is 0 Å². The molecule has 1 saturated heterocycles. The third-order valence-electron chi connectivity index (χ3n) is 15.0. The van der Waals surface area contributed by atoms with Gasteiger partial charge in [-0.2, -0.15) is 0 Å². The number of amides is 4. The third kappa shape index (κ3) is 7.81. The summed E-state index contributed by atoms with van der Waals surface area (Å²) in [7, 11) is -2.66. The summed E-state index contributed by atoms with van der Waals surface area (Å²) in [6.45, 7) is 13.7. The van der Waals surface area contributed by atoms with Gasteiger partial charge in [-0.1, -0.05) is 33.8 Å². The van der Waals surface area contributed by atoms with E-state index >= 15 is 4.79 Å². The van der Waals surface area contributed by atoms with Crippen LogP contribution in [0.4, 0.5) is 0 Å². The Morgan fingerprint density at radius 1 is 0.595 bits per heavy atom. The van der Waals surface area contributed by atoms with E-state index in [0.29, 0.717) is 72.2 Å². The van der Waals surface area contributed by atoms with Crippen LogP contribution in [-0.4, -0.2) is 59.7 Å². The van der Waals surface area contributed by atoms with Crippen molar-refractivity contribution >= 4 is 96.0 Å². The Bertz CT molecular complexity index is 3730. The number of nitrogens with zero attached hydrogens (tertiary/aromatic N) is 2. The first-order valence-corrected chi connectivity index (χ1v) is 28.7. The van der Waals surface area contributed by atoms with Crippen LogP contribution in [0.3, 0.4) is 0 Å². The van der Waals surface area contributed by atoms with Gasteiger partial charge in [-0.15, -0.1) is 0 Å². The van der Waals surface area contributed by atoms with Crippen molar-refractivity contribution in [1.29, 1.82) is 0 Å². The van der Waals surface area contributed by atoms with E-state index < -0.39 is 7.26 Å². The third-order valence-corrected chi connectivity index (χ3v) is 20.4. The van der Waals surface area contributed by atoms with E-state index in [1.54, 1.807) is 17.9 Å². The topological polar surface area (TPSA) is 84.0 Å². The van der Waals surface area contributed by atoms with Crippen LogP contribution in [0.15, 0.2) is 168 Å². The molecule has 0 spiro atoms. The Morgan fingerprint density at radius 3 is 1.55 bits per heavy atom. The maximum absolute atomic E-state index is 15.1. The second-order valence-corrected chi connectivity index (χ2v) is 24.5. The van der Waals surface area contributed by atoms with E-state index in [-0.39, 0.29) is 35.5 Å². The number of rotatable bonds is 13. The second-order valence-electron chi connectivity index (χ2n) is 20.5. The second kappa shape index (κ2) is 19.8. The van der Waals surface area contributed by atoms with Gasteiger partial charge in [0.25, 0.3) is 0 Å². The van der Waals surface area contributed by atoms with Gasteiger partial charge < -0.3 is 0 Å². The maximum atomic E-state index is 15.1. The molecule has 0 bridgehead atoms. The Balaban J connectivity index is 1.25. The normalized spacial score (nSPS) is 16.5. The van der Waals surface area contributed by atoms with Crippen molar-refractivity contribution in [3.63, 3.8) is 0 Å². The number of benzene rings is 8. The van der Waals surface area contributed by atoms with Crippen molar-refractivity contribution in [2.45, 2.75) is 54.4 Å². The number of aryl methyl sites for hydroxylation is 1. The zero-order chi connectivity index (χ0) is 51.6. The SMILES string of the molecule is CC=C1COCC1=CC(CCc1cc2c3c(ccc4c5c(/C=C/C)cc6c7c(ccc(c1c34)c75)C(=O)N(CC(C)C)C6=O)C(=O)N(CC(C)C)C2=O)=C([C]#[Os])[P+](c1ccccc1)(c1ccccc1)c1ccccc1. The summed E-state index contributed by atoms with van der Waals surface area (Å²) in [4.78, 5) is 61.8. The number of allylic oxidation sites excluding steroid dienone is 5. The van der Waals surface area contributed by atoms with E-state index in [9.17, 15) is 14.4 Å². The monoisotopic (exact) mass is 1170 g/mol. The molecule has 7 nitrogen and oxygen atoms in total. The van der Waals surface area contributed by atoms with E-state index in [1.165, 1.54) is 25.7 Å². The Morgan fingerprint density at radius 2 is 1.07 bits per heavy atom. The van der Waals surface area contributed by atoms with Crippen LogP contribution in [0.25, 0.3) is 49.2 Å². The number of hydrogen-bond acceptors (Lipinski definition) is 5. The van der Waals surface area contributed by atoms with Gasteiger partial charge in [0.05, 0.1) is 0 Å². The molecule has 8 aromatic rings. The first-order chi connectivity index (χ1) is 35.9. The minimum atomic E-state index is -2.66. The minimum absolute atomic E-state index is 0.0547. The molecule has 9 heteroatoms. The molecule has 3 aliphatic heterocycles. The summed E-state index contributed by atoms with van der Waals surface area (Å²) in [6.07, 6.45) is 9.56. The molecule has 0 unspecified atom stereocenters. The molecule has 1 fully saturated rings. The summed E-state index contributed by atoms with van der Waals surface area (Å²) < 4.78 is 10.1. The van der Waals surface area contributed by atoms with Gasteiger partial charge in [0.1, 0.15) is 0 Å². The molecule has 3 heterocycles. The van der Waals surface area contributed by atoms with Crippen LogP contribution in [0.2, 0.25) is 0 Å². The Labute approximate surface area is 443 Å². The number of carbonyl (C=O) groups excluding carboxylic acids is 4. The molecule has 11 rings (SSSR count). The predicted molar refractivity (Wildman–Crippen MR) is 300 cm³/mol. The van der Waals surface area contributed by atoms with Crippen molar-refractivity contribution in [2.75, 3.05) is 26.3 Å². The molecule has 0 radical (unpaired) electrons. The summed E-state index contributed by atoms with van der Waals surface area (Å²) in [6, 6.07) is 44.4. The summed E-state index contributed by atoms with van der Waals surface area (Å²) in [5, 5.41) is 11.3. The summed E-state index contributed by atoms with van der Waals surface area (Å²) in [5.41, 5.74) is 7.16. The Hall–Kier alpha value is -6.89. The van der Waals surface area contributed by atoms with Crippen LogP contribution < -0.4 is 15.9 Å². The molecule has 74 heavy (non-hydrogen) atoms. The quantitative estimate of drug-likeness (QED) is 0.0497. The van der Waals surface area contributed by atoms with Gasteiger partial charge in [-0.25, -0.2) is 0 Å². The van der Waals surface area contributed by atoms with E-state index in [2.05, 4.69) is 121 Å². The molecule has 3 aliphatic rings. The van der Waals surface area contributed by atoms with Crippen LogP contribution >= 0.6 is 7.26 Å². The van der Waals surface area contributed by atoms with Crippen LogP contribution in [0.5, 0.6) is 0 Å². The van der Waals surface area contributed by atoms with Gasteiger partial charge in [-0.3, -0.25) is 14.5 Å². The molecule has 369 valence electrons.